The van der Waals surface area contributed by atoms with E-state index in [-0.39, 0.29) is 5.56 Å². The van der Waals surface area contributed by atoms with Crippen LogP contribution in [0.15, 0.2) is 10.9 Å². The van der Waals surface area contributed by atoms with Crippen molar-refractivity contribution in [1.82, 2.24) is 9.13 Å². The summed E-state index contributed by atoms with van der Waals surface area (Å²) < 4.78 is 3.42. The predicted molar refractivity (Wildman–Crippen MR) is 49.3 cm³/mol. The normalized spacial score (nSPS) is 9.92. The Balaban J connectivity index is 3.61. The zero-order valence-corrected chi connectivity index (χ0v) is 7.68. The van der Waals surface area contributed by atoms with Gasteiger partial charge in [0.25, 0.3) is 5.56 Å². The number of nitrogens with two attached hydrogens (primary N) is 1. The molecule has 0 aliphatic rings. The molecule has 1 aromatic heterocycles. The lowest BCUT2D eigenvalue weighted by atomic mass is 10.5. The Morgan fingerprint density at radius 1 is 1.50 bits per heavy atom. The van der Waals surface area contributed by atoms with Crippen LogP contribution in [0.4, 0.5) is 5.82 Å². The molecule has 1 heterocycles. The highest BCUT2D eigenvalue weighted by atomic mass is 32.1. The van der Waals surface area contributed by atoms with Crippen molar-refractivity contribution >= 4 is 18.0 Å². The standard InChI is InChI=1S/C6H10N4OS/c1-9-4(8-7)3-5(11)10(2)6(9)12/h3,8H,7H2,1-2H3. The van der Waals surface area contributed by atoms with Crippen molar-refractivity contribution in [3.63, 3.8) is 0 Å². The first-order chi connectivity index (χ1) is 5.57. The second-order valence-corrected chi connectivity index (χ2v) is 2.78. The summed E-state index contributed by atoms with van der Waals surface area (Å²) in [6.45, 7) is 0. The van der Waals surface area contributed by atoms with E-state index in [2.05, 4.69) is 5.43 Å². The molecular formula is C6H10N4OS. The molecule has 0 bridgehead atoms. The van der Waals surface area contributed by atoms with Crippen molar-refractivity contribution in [2.24, 2.45) is 19.9 Å². The van der Waals surface area contributed by atoms with Crippen molar-refractivity contribution in [2.45, 2.75) is 0 Å². The summed E-state index contributed by atoms with van der Waals surface area (Å²) in [5, 5.41) is 0. The molecule has 0 saturated heterocycles. The number of hydrogen-bond acceptors (Lipinski definition) is 4. The fraction of sp³-hybridized carbons (Fsp3) is 0.333. The maximum absolute atomic E-state index is 11.2. The fourth-order valence-corrected chi connectivity index (χ4v) is 1.06. The van der Waals surface area contributed by atoms with E-state index in [4.69, 9.17) is 18.1 Å². The van der Waals surface area contributed by atoms with Gasteiger partial charge in [-0.1, -0.05) is 0 Å². The van der Waals surface area contributed by atoms with E-state index in [0.717, 1.165) is 0 Å². The van der Waals surface area contributed by atoms with Gasteiger partial charge in [-0.2, -0.15) is 0 Å². The van der Waals surface area contributed by atoms with Crippen molar-refractivity contribution in [3.8, 4) is 0 Å². The van der Waals surface area contributed by atoms with Crippen LogP contribution < -0.4 is 16.8 Å². The molecule has 1 rings (SSSR count). The summed E-state index contributed by atoms with van der Waals surface area (Å²) in [4.78, 5) is 11.2. The van der Waals surface area contributed by atoms with Gasteiger partial charge in [0, 0.05) is 20.2 Å². The topological polar surface area (TPSA) is 65.0 Å². The number of hydrazine groups is 1. The van der Waals surface area contributed by atoms with E-state index < -0.39 is 0 Å². The van der Waals surface area contributed by atoms with Gasteiger partial charge < -0.3 is 9.99 Å². The molecule has 5 nitrogen and oxygen atoms in total. The molecule has 0 saturated carbocycles. The Morgan fingerprint density at radius 3 is 2.58 bits per heavy atom. The second kappa shape index (κ2) is 3.08. The zero-order chi connectivity index (χ0) is 9.30. The lowest BCUT2D eigenvalue weighted by Gasteiger charge is -2.09. The quantitative estimate of drug-likeness (QED) is 0.360. The lowest BCUT2D eigenvalue weighted by molar-refractivity contribution is 0.721. The van der Waals surface area contributed by atoms with Crippen LogP contribution in [-0.4, -0.2) is 9.13 Å². The average molecular weight is 186 g/mol. The smallest absolute Gasteiger partial charge is 0.256 e. The molecule has 12 heavy (non-hydrogen) atoms. The number of aromatic nitrogens is 2. The van der Waals surface area contributed by atoms with Gasteiger partial charge in [0.2, 0.25) is 0 Å². The summed E-state index contributed by atoms with van der Waals surface area (Å²) in [6.07, 6.45) is 0. The number of anilines is 1. The van der Waals surface area contributed by atoms with Crippen molar-refractivity contribution < 1.29 is 0 Å². The summed E-state index contributed by atoms with van der Waals surface area (Å²) in [7, 11) is 3.35. The fourth-order valence-electron chi connectivity index (χ4n) is 0.871. The van der Waals surface area contributed by atoms with Crippen LogP contribution in [0.25, 0.3) is 0 Å². The first-order valence-electron chi connectivity index (χ1n) is 3.31. The summed E-state index contributed by atoms with van der Waals surface area (Å²) >= 11 is 4.97. The Morgan fingerprint density at radius 2 is 2.08 bits per heavy atom. The van der Waals surface area contributed by atoms with Crippen LogP contribution in [-0.2, 0) is 14.1 Å². The van der Waals surface area contributed by atoms with Crippen LogP contribution in [0.5, 0.6) is 0 Å². The molecule has 3 N–H and O–H groups in total. The lowest BCUT2D eigenvalue weighted by Crippen LogP contribution is -2.24. The van der Waals surface area contributed by atoms with Gasteiger partial charge in [0.15, 0.2) is 4.77 Å². The van der Waals surface area contributed by atoms with Crippen LogP contribution >= 0.6 is 12.2 Å². The van der Waals surface area contributed by atoms with Crippen LogP contribution in [0.1, 0.15) is 0 Å². The molecule has 0 aromatic carbocycles. The van der Waals surface area contributed by atoms with Gasteiger partial charge in [-0.25, -0.2) is 5.84 Å². The summed E-state index contributed by atoms with van der Waals surface area (Å²) in [5.74, 6) is 5.68. The van der Waals surface area contributed by atoms with E-state index in [1.165, 1.54) is 10.6 Å². The Hall–Kier alpha value is -1.14. The van der Waals surface area contributed by atoms with Crippen LogP contribution in [0.2, 0.25) is 0 Å². The maximum atomic E-state index is 11.2. The minimum absolute atomic E-state index is 0.175. The molecule has 0 radical (unpaired) electrons. The zero-order valence-electron chi connectivity index (χ0n) is 6.87. The monoisotopic (exact) mass is 186 g/mol. The van der Waals surface area contributed by atoms with E-state index in [9.17, 15) is 4.79 Å². The van der Waals surface area contributed by atoms with Crippen molar-refractivity contribution in [1.29, 1.82) is 0 Å². The molecule has 6 heteroatoms. The molecule has 0 amide bonds. The average Bonchev–Trinajstić information content (AvgIpc) is 2.08. The van der Waals surface area contributed by atoms with E-state index in [1.807, 2.05) is 0 Å². The third-order valence-electron chi connectivity index (χ3n) is 1.67. The minimum atomic E-state index is -0.175. The molecule has 0 aliphatic heterocycles. The molecule has 0 spiro atoms. The number of nitrogens with one attached hydrogen (secondary N) is 1. The molecule has 0 unspecified atom stereocenters. The van der Waals surface area contributed by atoms with Gasteiger partial charge in [-0.05, 0) is 12.2 Å². The highest BCUT2D eigenvalue weighted by Crippen LogP contribution is 1.99. The molecular weight excluding hydrogens is 176 g/mol. The Kier molecular flexibility index (Phi) is 2.30. The number of rotatable bonds is 1. The Labute approximate surface area is 74.4 Å². The highest BCUT2D eigenvalue weighted by Gasteiger charge is 2.00. The minimum Gasteiger partial charge on any atom is -0.310 e. The molecule has 0 atom stereocenters. The van der Waals surface area contributed by atoms with Gasteiger partial charge in [-0.15, -0.1) is 0 Å². The van der Waals surface area contributed by atoms with E-state index >= 15 is 0 Å². The number of nitrogen functional groups attached to an aromatic ring is 1. The molecule has 0 aliphatic carbocycles. The van der Waals surface area contributed by atoms with Gasteiger partial charge in [-0.3, -0.25) is 9.36 Å². The van der Waals surface area contributed by atoms with E-state index in [0.29, 0.717) is 10.6 Å². The largest absolute Gasteiger partial charge is 0.310 e. The van der Waals surface area contributed by atoms with Crippen molar-refractivity contribution in [3.05, 3.63) is 21.2 Å². The summed E-state index contributed by atoms with van der Waals surface area (Å²) in [5.41, 5.74) is 2.21. The third kappa shape index (κ3) is 1.26. The number of nitrogens with zero attached hydrogens (tertiary/aromatic N) is 2. The summed E-state index contributed by atoms with van der Waals surface area (Å²) in [6, 6.07) is 1.38. The predicted octanol–water partition coefficient (Wildman–Crippen LogP) is -0.261. The first kappa shape index (κ1) is 8.95. The van der Waals surface area contributed by atoms with Gasteiger partial charge in [0.1, 0.15) is 5.82 Å². The number of hydrogen-bond donors (Lipinski definition) is 2. The maximum Gasteiger partial charge on any atom is 0.256 e. The van der Waals surface area contributed by atoms with Gasteiger partial charge >= 0.3 is 0 Å². The molecule has 0 fully saturated rings. The Bertz CT molecular complexity index is 405. The SMILES string of the molecule is Cn1c(NN)cc(=O)n(C)c1=S. The molecule has 66 valence electrons. The van der Waals surface area contributed by atoms with Crippen LogP contribution in [0.3, 0.4) is 0 Å². The first-order valence-corrected chi connectivity index (χ1v) is 3.72. The molecule has 1 aromatic rings. The highest BCUT2D eigenvalue weighted by molar-refractivity contribution is 7.71. The third-order valence-corrected chi connectivity index (χ3v) is 2.22. The van der Waals surface area contributed by atoms with E-state index in [1.54, 1.807) is 18.7 Å². The van der Waals surface area contributed by atoms with Crippen molar-refractivity contribution in [2.75, 3.05) is 5.43 Å². The van der Waals surface area contributed by atoms with Crippen LogP contribution in [0, 0.1) is 4.77 Å². The van der Waals surface area contributed by atoms with Gasteiger partial charge in [0.05, 0.1) is 0 Å². The second-order valence-electron chi connectivity index (χ2n) is 2.41.